The number of hydrogen-bond donors (Lipinski definition) is 2. The van der Waals surface area contributed by atoms with Crippen molar-refractivity contribution in [2.75, 3.05) is 20.3 Å². The van der Waals surface area contributed by atoms with E-state index in [1.807, 2.05) is 6.92 Å². The number of ether oxygens (including phenoxy) is 1. The normalized spacial score (nSPS) is 19.8. The Morgan fingerprint density at radius 2 is 2.00 bits per heavy atom. The first-order chi connectivity index (χ1) is 7.79. The molecule has 1 saturated carbocycles. The Bertz CT molecular complexity index is 271. The van der Waals surface area contributed by atoms with Gasteiger partial charge in [0.1, 0.15) is 0 Å². The first kappa shape index (κ1) is 14.5. The molecule has 0 saturated heterocycles. The van der Waals surface area contributed by atoms with Crippen molar-refractivity contribution >= 4 is 5.91 Å². The van der Waals surface area contributed by atoms with Gasteiger partial charge in [-0.15, -0.1) is 0 Å². The van der Waals surface area contributed by atoms with Crippen molar-refractivity contribution in [2.24, 2.45) is 17.1 Å². The zero-order valence-corrected chi connectivity index (χ0v) is 11.5. The van der Waals surface area contributed by atoms with Gasteiger partial charge in [-0.2, -0.15) is 0 Å². The Kier molecular flexibility index (Phi) is 4.55. The SMILES string of the molecule is COCCC(C)(C)CNC(=O)C(C)(N)C1CC1. The van der Waals surface area contributed by atoms with Gasteiger partial charge in [-0.05, 0) is 37.5 Å². The van der Waals surface area contributed by atoms with Crippen LogP contribution in [0.25, 0.3) is 0 Å². The van der Waals surface area contributed by atoms with Crippen molar-refractivity contribution < 1.29 is 9.53 Å². The molecule has 4 heteroatoms. The van der Waals surface area contributed by atoms with E-state index in [-0.39, 0.29) is 11.3 Å². The first-order valence-corrected chi connectivity index (χ1v) is 6.36. The van der Waals surface area contributed by atoms with Crippen molar-refractivity contribution in [3.63, 3.8) is 0 Å². The number of carbonyl (C=O) groups is 1. The topological polar surface area (TPSA) is 64.3 Å². The van der Waals surface area contributed by atoms with Gasteiger partial charge in [-0.25, -0.2) is 0 Å². The Labute approximate surface area is 104 Å². The van der Waals surface area contributed by atoms with Gasteiger partial charge in [0.15, 0.2) is 0 Å². The van der Waals surface area contributed by atoms with Crippen LogP contribution in [0, 0.1) is 11.3 Å². The minimum Gasteiger partial charge on any atom is -0.385 e. The fourth-order valence-corrected chi connectivity index (χ4v) is 1.85. The lowest BCUT2D eigenvalue weighted by Crippen LogP contribution is -2.54. The highest BCUT2D eigenvalue weighted by Crippen LogP contribution is 2.38. The second-order valence-corrected chi connectivity index (χ2v) is 6.15. The minimum absolute atomic E-state index is 0.0227. The van der Waals surface area contributed by atoms with E-state index >= 15 is 0 Å². The van der Waals surface area contributed by atoms with Crippen molar-refractivity contribution in [3.8, 4) is 0 Å². The molecule has 0 bridgehead atoms. The Morgan fingerprint density at radius 1 is 1.41 bits per heavy atom. The lowest BCUT2D eigenvalue weighted by molar-refractivity contribution is -0.127. The average molecular weight is 242 g/mol. The summed E-state index contributed by atoms with van der Waals surface area (Å²) in [5, 5.41) is 2.97. The summed E-state index contributed by atoms with van der Waals surface area (Å²) < 4.78 is 5.06. The van der Waals surface area contributed by atoms with E-state index in [0.717, 1.165) is 19.3 Å². The fourth-order valence-electron chi connectivity index (χ4n) is 1.85. The van der Waals surface area contributed by atoms with Crippen molar-refractivity contribution in [1.82, 2.24) is 5.32 Å². The molecule has 1 rings (SSSR count). The third-order valence-corrected chi connectivity index (χ3v) is 3.63. The van der Waals surface area contributed by atoms with Crippen LogP contribution < -0.4 is 11.1 Å². The summed E-state index contributed by atoms with van der Waals surface area (Å²) >= 11 is 0. The molecular formula is C13H26N2O2. The van der Waals surface area contributed by atoms with Crippen molar-refractivity contribution in [3.05, 3.63) is 0 Å². The van der Waals surface area contributed by atoms with Gasteiger partial charge in [0.05, 0.1) is 5.54 Å². The quantitative estimate of drug-likeness (QED) is 0.707. The molecule has 0 aliphatic heterocycles. The maximum atomic E-state index is 12.0. The van der Waals surface area contributed by atoms with E-state index < -0.39 is 5.54 Å². The molecule has 17 heavy (non-hydrogen) atoms. The predicted octanol–water partition coefficient (Wildman–Crippen LogP) is 1.29. The van der Waals surface area contributed by atoms with Gasteiger partial charge >= 0.3 is 0 Å². The van der Waals surface area contributed by atoms with Gasteiger partial charge < -0.3 is 15.8 Å². The van der Waals surface area contributed by atoms with E-state index in [1.54, 1.807) is 7.11 Å². The number of methoxy groups -OCH3 is 1. The molecule has 1 atom stereocenters. The fraction of sp³-hybridized carbons (Fsp3) is 0.923. The zero-order valence-electron chi connectivity index (χ0n) is 11.5. The maximum absolute atomic E-state index is 12.0. The molecule has 1 aliphatic carbocycles. The Morgan fingerprint density at radius 3 is 2.47 bits per heavy atom. The molecule has 4 nitrogen and oxygen atoms in total. The van der Waals surface area contributed by atoms with Crippen molar-refractivity contribution in [1.29, 1.82) is 0 Å². The number of carbonyl (C=O) groups excluding carboxylic acids is 1. The van der Waals surface area contributed by atoms with Gasteiger partial charge in [0, 0.05) is 20.3 Å². The largest absolute Gasteiger partial charge is 0.385 e. The summed E-state index contributed by atoms with van der Waals surface area (Å²) in [5.41, 5.74) is 5.41. The molecule has 0 aromatic heterocycles. The monoisotopic (exact) mass is 242 g/mol. The summed E-state index contributed by atoms with van der Waals surface area (Å²) in [6.07, 6.45) is 3.08. The zero-order chi connectivity index (χ0) is 13.1. The lowest BCUT2D eigenvalue weighted by Gasteiger charge is -2.28. The molecular weight excluding hydrogens is 216 g/mol. The van der Waals surface area contributed by atoms with Crippen LogP contribution in [0.15, 0.2) is 0 Å². The Hall–Kier alpha value is -0.610. The molecule has 0 spiro atoms. The van der Waals surface area contributed by atoms with Crippen LogP contribution in [0.3, 0.4) is 0 Å². The van der Waals surface area contributed by atoms with Crippen LogP contribution in [0.4, 0.5) is 0 Å². The summed E-state index contributed by atoms with van der Waals surface area (Å²) in [4.78, 5) is 12.0. The molecule has 0 aromatic rings. The van der Waals surface area contributed by atoms with Gasteiger partial charge in [-0.1, -0.05) is 13.8 Å². The van der Waals surface area contributed by atoms with Gasteiger partial charge in [0.25, 0.3) is 0 Å². The highest BCUT2D eigenvalue weighted by molar-refractivity contribution is 5.86. The molecule has 0 aromatic carbocycles. The average Bonchev–Trinajstić information content (AvgIpc) is 3.07. The van der Waals surface area contributed by atoms with Gasteiger partial charge in [0.2, 0.25) is 5.91 Å². The van der Waals surface area contributed by atoms with E-state index in [4.69, 9.17) is 10.5 Å². The standard InChI is InChI=1S/C13H26N2O2/c1-12(2,7-8-17-4)9-15-11(16)13(3,14)10-5-6-10/h10H,5-9,14H2,1-4H3,(H,15,16). The number of rotatable bonds is 7. The molecule has 0 heterocycles. The summed E-state index contributed by atoms with van der Waals surface area (Å²) in [7, 11) is 1.69. The van der Waals surface area contributed by atoms with Crippen LogP contribution in [0.2, 0.25) is 0 Å². The predicted molar refractivity (Wildman–Crippen MR) is 68.6 cm³/mol. The number of amides is 1. The number of nitrogens with one attached hydrogen (secondary N) is 1. The van der Waals surface area contributed by atoms with Crippen LogP contribution in [0.1, 0.15) is 40.0 Å². The molecule has 1 amide bonds. The molecule has 3 N–H and O–H groups in total. The second-order valence-electron chi connectivity index (χ2n) is 6.15. The number of hydrogen-bond acceptors (Lipinski definition) is 3. The van der Waals surface area contributed by atoms with Gasteiger partial charge in [-0.3, -0.25) is 4.79 Å². The van der Waals surface area contributed by atoms with E-state index in [0.29, 0.717) is 19.1 Å². The van der Waals surface area contributed by atoms with E-state index in [1.165, 1.54) is 0 Å². The third-order valence-electron chi connectivity index (χ3n) is 3.63. The summed E-state index contributed by atoms with van der Waals surface area (Å²) in [6.45, 7) is 7.44. The molecule has 1 unspecified atom stereocenters. The minimum atomic E-state index is -0.697. The summed E-state index contributed by atoms with van der Waals surface area (Å²) in [5.74, 6) is 0.343. The first-order valence-electron chi connectivity index (χ1n) is 6.36. The Balaban J connectivity index is 2.36. The van der Waals surface area contributed by atoms with Crippen LogP contribution >= 0.6 is 0 Å². The van der Waals surface area contributed by atoms with Crippen molar-refractivity contribution in [2.45, 2.75) is 45.6 Å². The second kappa shape index (κ2) is 5.36. The van der Waals surface area contributed by atoms with Crippen LogP contribution in [0.5, 0.6) is 0 Å². The van der Waals surface area contributed by atoms with E-state index in [2.05, 4.69) is 19.2 Å². The smallest absolute Gasteiger partial charge is 0.240 e. The summed E-state index contributed by atoms with van der Waals surface area (Å²) in [6, 6.07) is 0. The van der Waals surface area contributed by atoms with Crippen LogP contribution in [-0.4, -0.2) is 31.7 Å². The van der Waals surface area contributed by atoms with E-state index in [9.17, 15) is 4.79 Å². The highest BCUT2D eigenvalue weighted by Gasteiger charge is 2.44. The number of nitrogens with two attached hydrogens (primary N) is 1. The third kappa shape index (κ3) is 4.28. The lowest BCUT2D eigenvalue weighted by atomic mass is 9.88. The molecule has 1 aliphatic rings. The molecule has 1 fully saturated rings. The highest BCUT2D eigenvalue weighted by atomic mass is 16.5. The molecule has 0 radical (unpaired) electrons. The molecule has 100 valence electrons. The maximum Gasteiger partial charge on any atom is 0.240 e. The van der Waals surface area contributed by atoms with Crippen LogP contribution in [-0.2, 0) is 9.53 Å².